The minimum absolute atomic E-state index is 0.0467. The van der Waals surface area contributed by atoms with Crippen LogP contribution in [0.5, 0.6) is 0 Å². The molecule has 1 amide bonds. The molecule has 0 radical (unpaired) electrons. The molecule has 0 aliphatic carbocycles. The van der Waals surface area contributed by atoms with Crippen molar-refractivity contribution in [2.24, 2.45) is 0 Å². The Morgan fingerprint density at radius 2 is 2.17 bits per heavy atom. The second-order valence-electron chi connectivity index (χ2n) is 5.32. The van der Waals surface area contributed by atoms with E-state index in [0.29, 0.717) is 5.69 Å². The number of anilines is 1. The summed E-state index contributed by atoms with van der Waals surface area (Å²) in [6.07, 6.45) is 2.55. The SMILES string of the molecule is Cc1ccc(NC(=O)Cn2cc(C(=O)O)cn2)cc1-c1ccsc1. The molecule has 0 saturated carbocycles. The third kappa shape index (κ3) is 3.52. The topological polar surface area (TPSA) is 84.2 Å². The number of thiophene rings is 1. The number of aromatic nitrogens is 2. The molecule has 3 rings (SSSR count). The monoisotopic (exact) mass is 341 g/mol. The van der Waals surface area contributed by atoms with Crippen LogP contribution in [0.15, 0.2) is 47.4 Å². The van der Waals surface area contributed by atoms with Crippen molar-refractivity contribution >= 4 is 28.9 Å². The Bertz CT molecular complexity index is 884. The molecule has 0 unspecified atom stereocenters. The van der Waals surface area contributed by atoms with E-state index in [2.05, 4.69) is 15.8 Å². The molecule has 1 aromatic carbocycles. The first kappa shape index (κ1) is 15.9. The van der Waals surface area contributed by atoms with Gasteiger partial charge < -0.3 is 10.4 Å². The van der Waals surface area contributed by atoms with Crippen LogP contribution in [0.2, 0.25) is 0 Å². The maximum Gasteiger partial charge on any atom is 0.338 e. The van der Waals surface area contributed by atoms with Crippen LogP contribution in [0.3, 0.4) is 0 Å². The number of hydrogen-bond donors (Lipinski definition) is 2. The Kier molecular flexibility index (Phi) is 4.43. The lowest BCUT2D eigenvalue weighted by Gasteiger charge is -2.09. The molecular weight excluding hydrogens is 326 g/mol. The first-order valence-electron chi connectivity index (χ1n) is 7.22. The van der Waals surface area contributed by atoms with Gasteiger partial charge in [0.2, 0.25) is 5.91 Å². The highest BCUT2D eigenvalue weighted by Gasteiger charge is 2.10. The average molecular weight is 341 g/mol. The first-order chi connectivity index (χ1) is 11.5. The third-order valence-corrected chi connectivity index (χ3v) is 4.22. The second-order valence-corrected chi connectivity index (χ2v) is 6.10. The lowest BCUT2D eigenvalue weighted by molar-refractivity contribution is -0.116. The molecule has 7 heteroatoms. The molecule has 0 aliphatic rings. The summed E-state index contributed by atoms with van der Waals surface area (Å²) >= 11 is 1.62. The van der Waals surface area contributed by atoms with Crippen molar-refractivity contribution in [3.63, 3.8) is 0 Å². The molecule has 0 bridgehead atoms. The number of carboxylic acids is 1. The number of aryl methyl sites for hydroxylation is 1. The van der Waals surface area contributed by atoms with E-state index in [9.17, 15) is 9.59 Å². The summed E-state index contributed by atoms with van der Waals surface area (Å²) in [5.74, 6) is -1.34. The zero-order valence-corrected chi connectivity index (χ0v) is 13.7. The molecule has 3 aromatic rings. The Balaban J connectivity index is 1.72. The molecule has 0 fully saturated rings. The number of carbonyl (C=O) groups excluding carboxylic acids is 1. The van der Waals surface area contributed by atoms with Crippen LogP contribution in [0.1, 0.15) is 15.9 Å². The van der Waals surface area contributed by atoms with Gasteiger partial charge in [0.1, 0.15) is 6.54 Å². The van der Waals surface area contributed by atoms with Gasteiger partial charge in [-0.1, -0.05) is 6.07 Å². The number of aromatic carboxylic acids is 1. The van der Waals surface area contributed by atoms with Gasteiger partial charge in [-0.15, -0.1) is 0 Å². The van der Waals surface area contributed by atoms with Crippen molar-refractivity contribution in [3.8, 4) is 11.1 Å². The number of nitrogens with zero attached hydrogens (tertiary/aromatic N) is 2. The zero-order chi connectivity index (χ0) is 17.1. The largest absolute Gasteiger partial charge is 0.478 e. The molecule has 2 aromatic heterocycles. The van der Waals surface area contributed by atoms with E-state index in [1.54, 1.807) is 11.3 Å². The summed E-state index contributed by atoms with van der Waals surface area (Å²) in [6, 6.07) is 7.77. The number of amides is 1. The van der Waals surface area contributed by atoms with Gasteiger partial charge in [0, 0.05) is 11.9 Å². The van der Waals surface area contributed by atoms with Gasteiger partial charge in [-0.05, 0) is 52.6 Å². The van der Waals surface area contributed by atoms with Gasteiger partial charge in [-0.2, -0.15) is 16.4 Å². The van der Waals surface area contributed by atoms with Gasteiger partial charge in [0.05, 0.1) is 11.8 Å². The number of benzene rings is 1. The van der Waals surface area contributed by atoms with Crippen LogP contribution >= 0.6 is 11.3 Å². The van der Waals surface area contributed by atoms with Crippen molar-refractivity contribution in [1.82, 2.24) is 9.78 Å². The Morgan fingerprint density at radius 1 is 1.33 bits per heavy atom. The van der Waals surface area contributed by atoms with E-state index < -0.39 is 5.97 Å². The van der Waals surface area contributed by atoms with E-state index >= 15 is 0 Å². The standard InChI is InChI=1S/C17H15N3O3S/c1-11-2-3-14(6-15(11)12-4-5-24-10-12)19-16(21)9-20-8-13(7-18-20)17(22)23/h2-8,10H,9H2,1H3,(H,19,21)(H,22,23). The zero-order valence-electron chi connectivity index (χ0n) is 12.9. The third-order valence-electron chi connectivity index (χ3n) is 3.54. The molecule has 0 spiro atoms. The van der Waals surface area contributed by atoms with Crippen LogP contribution in [-0.4, -0.2) is 26.8 Å². The molecular formula is C17H15N3O3S. The predicted molar refractivity (Wildman–Crippen MR) is 92.3 cm³/mol. The summed E-state index contributed by atoms with van der Waals surface area (Å²) in [6.45, 7) is 1.98. The maximum absolute atomic E-state index is 12.1. The normalized spacial score (nSPS) is 10.5. The smallest absolute Gasteiger partial charge is 0.338 e. The molecule has 6 nitrogen and oxygen atoms in total. The summed E-state index contributed by atoms with van der Waals surface area (Å²) in [4.78, 5) is 22.9. The van der Waals surface area contributed by atoms with Gasteiger partial charge in [-0.3, -0.25) is 9.48 Å². The lowest BCUT2D eigenvalue weighted by atomic mass is 10.0. The fraction of sp³-hybridized carbons (Fsp3) is 0.118. The van der Waals surface area contributed by atoms with Crippen molar-refractivity contribution in [3.05, 3.63) is 58.5 Å². The summed E-state index contributed by atoms with van der Waals surface area (Å²) in [7, 11) is 0. The molecule has 0 saturated heterocycles. The number of rotatable bonds is 5. The highest BCUT2D eigenvalue weighted by Crippen LogP contribution is 2.28. The van der Waals surface area contributed by atoms with Crippen LogP contribution in [0.25, 0.3) is 11.1 Å². The van der Waals surface area contributed by atoms with Gasteiger partial charge >= 0.3 is 5.97 Å². The number of carboxylic acid groups (broad SMARTS) is 1. The maximum atomic E-state index is 12.1. The minimum Gasteiger partial charge on any atom is -0.478 e. The molecule has 0 atom stereocenters. The molecule has 2 heterocycles. The summed E-state index contributed by atoms with van der Waals surface area (Å²) in [5.41, 5.74) is 4.06. The van der Waals surface area contributed by atoms with Crippen LogP contribution in [0.4, 0.5) is 5.69 Å². The molecule has 24 heavy (non-hydrogen) atoms. The fourth-order valence-electron chi connectivity index (χ4n) is 2.34. The van der Waals surface area contributed by atoms with E-state index in [4.69, 9.17) is 5.11 Å². The van der Waals surface area contributed by atoms with E-state index in [0.717, 1.165) is 16.7 Å². The van der Waals surface area contributed by atoms with Crippen LogP contribution in [-0.2, 0) is 11.3 Å². The lowest BCUT2D eigenvalue weighted by Crippen LogP contribution is -2.19. The van der Waals surface area contributed by atoms with E-state index in [1.165, 1.54) is 17.1 Å². The fourth-order valence-corrected chi connectivity index (χ4v) is 2.99. The van der Waals surface area contributed by atoms with Gasteiger partial charge in [0.25, 0.3) is 0 Å². The summed E-state index contributed by atoms with van der Waals surface area (Å²) in [5, 5.41) is 19.6. The Hall–Kier alpha value is -2.93. The highest BCUT2D eigenvalue weighted by molar-refractivity contribution is 7.08. The highest BCUT2D eigenvalue weighted by atomic mass is 32.1. The Morgan fingerprint density at radius 3 is 2.83 bits per heavy atom. The van der Waals surface area contributed by atoms with Crippen molar-refractivity contribution in [2.45, 2.75) is 13.5 Å². The summed E-state index contributed by atoms with van der Waals surface area (Å²) < 4.78 is 1.30. The van der Waals surface area contributed by atoms with Crippen molar-refractivity contribution in [2.75, 3.05) is 5.32 Å². The minimum atomic E-state index is -1.07. The second kappa shape index (κ2) is 6.67. The van der Waals surface area contributed by atoms with Crippen molar-refractivity contribution < 1.29 is 14.7 Å². The first-order valence-corrected chi connectivity index (χ1v) is 8.16. The van der Waals surface area contributed by atoms with Crippen LogP contribution < -0.4 is 5.32 Å². The molecule has 122 valence electrons. The number of nitrogens with one attached hydrogen (secondary N) is 1. The predicted octanol–water partition coefficient (Wildman–Crippen LogP) is 3.26. The van der Waals surface area contributed by atoms with Gasteiger partial charge in [-0.25, -0.2) is 4.79 Å². The average Bonchev–Trinajstić information content (AvgIpc) is 3.20. The van der Waals surface area contributed by atoms with E-state index in [1.807, 2.05) is 36.6 Å². The van der Waals surface area contributed by atoms with Gasteiger partial charge in [0.15, 0.2) is 0 Å². The molecule has 0 aliphatic heterocycles. The Labute approximate surface area is 142 Å². The number of carbonyl (C=O) groups is 2. The van der Waals surface area contributed by atoms with E-state index in [-0.39, 0.29) is 18.0 Å². The number of hydrogen-bond acceptors (Lipinski definition) is 4. The quantitative estimate of drug-likeness (QED) is 0.746. The molecule has 2 N–H and O–H groups in total. The van der Waals surface area contributed by atoms with Crippen LogP contribution in [0, 0.1) is 6.92 Å². The van der Waals surface area contributed by atoms with Crippen molar-refractivity contribution in [1.29, 1.82) is 0 Å².